The minimum atomic E-state index is 0.201. The topological polar surface area (TPSA) is 15.3 Å². The Hall–Kier alpha value is -1.30. The molecular formula is C14H18N2. The van der Waals surface area contributed by atoms with E-state index in [0.29, 0.717) is 6.04 Å². The second-order valence-electron chi connectivity index (χ2n) is 4.21. The second-order valence-corrected chi connectivity index (χ2v) is 4.21. The van der Waals surface area contributed by atoms with Gasteiger partial charge < -0.3 is 5.32 Å². The van der Waals surface area contributed by atoms with E-state index in [1.165, 1.54) is 5.56 Å². The predicted octanol–water partition coefficient (Wildman–Crippen LogP) is 1.65. The molecular weight excluding hydrogens is 196 g/mol. The van der Waals surface area contributed by atoms with E-state index in [9.17, 15) is 0 Å². The van der Waals surface area contributed by atoms with Gasteiger partial charge in [0.25, 0.3) is 0 Å². The molecule has 0 aromatic heterocycles. The molecule has 1 N–H and O–H groups in total. The highest BCUT2D eigenvalue weighted by molar-refractivity contribution is 5.21. The van der Waals surface area contributed by atoms with Crippen molar-refractivity contribution < 1.29 is 0 Å². The molecule has 1 saturated heterocycles. The lowest BCUT2D eigenvalue weighted by Crippen LogP contribution is -2.49. The van der Waals surface area contributed by atoms with Crippen molar-refractivity contribution in [3.8, 4) is 12.3 Å². The number of nitrogens with zero attached hydrogens (tertiary/aromatic N) is 1. The van der Waals surface area contributed by atoms with E-state index in [0.717, 1.165) is 19.6 Å². The Bertz CT molecular complexity index is 366. The van der Waals surface area contributed by atoms with Crippen LogP contribution in [-0.2, 0) is 0 Å². The third kappa shape index (κ3) is 2.27. The SMILES string of the molecule is C#CC(C)N1CCNCC1c1ccccc1. The highest BCUT2D eigenvalue weighted by Crippen LogP contribution is 2.23. The molecule has 2 rings (SSSR count). The first kappa shape index (κ1) is 11.2. The minimum Gasteiger partial charge on any atom is -0.314 e. The van der Waals surface area contributed by atoms with Crippen LogP contribution in [0.5, 0.6) is 0 Å². The van der Waals surface area contributed by atoms with Crippen LogP contribution in [-0.4, -0.2) is 30.6 Å². The summed E-state index contributed by atoms with van der Waals surface area (Å²) >= 11 is 0. The van der Waals surface area contributed by atoms with E-state index in [1.807, 2.05) is 0 Å². The fraction of sp³-hybridized carbons (Fsp3) is 0.429. The smallest absolute Gasteiger partial charge is 0.0689 e. The van der Waals surface area contributed by atoms with Crippen LogP contribution in [0.25, 0.3) is 0 Å². The normalized spacial score (nSPS) is 23.6. The molecule has 1 aliphatic rings. The zero-order valence-corrected chi connectivity index (χ0v) is 9.69. The third-order valence-electron chi connectivity index (χ3n) is 3.21. The summed E-state index contributed by atoms with van der Waals surface area (Å²) in [4.78, 5) is 2.39. The van der Waals surface area contributed by atoms with Gasteiger partial charge in [0.1, 0.15) is 0 Å². The van der Waals surface area contributed by atoms with E-state index in [2.05, 4.69) is 53.4 Å². The Morgan fingerprint density at radius 1 is 1.44 bits per heavy atom. The van der Waals surface area contributed by atoms with Crippen LogP contribution in [0.3, 0.4) is 0 Å². The quantitative estimate of drug-likeness (QED) is 0.753. The molecule has 0 bridgehead atoms. The molecule has 2 atom stereocenters. The monoisotopic (exact) mass is 214 g/mol. The van der Waals surface area contributed by atoms with E-state index >= 15 is 0 Å². The standard InChI is InChI=1S/C14H18N2/c1-3-12(2)16-10-9-15-11-14(16)13-7-5-4-6-8-13/h1,4-8,12,14-15H,9-11H2,2H3. The zero-order valence-electron chi connectivity index (χ0n) is 9.69. The third-order valence-corrected chi connectivity index (χ3v) is 3.21. The number of benzene rings is 1. The minimum absolute atomic E-state index is 0.201. The zero-order chi connectivity index (χ0) is 11.4. The predicted molar refractivity (Wildman–Crippen MR) is 67.1 cm³/mol. The van der Waals surface area contributed by atoms with Crippen molar-refractivity contribution in [3.63, 3.8) is 0 Å². The van der Waals surface area contributed by atoms with Gasteiger partial charge in [0.15, 0.2) is 0 Å². The summed E-state index contributed by atoms with van der Waals surface area (Å²) in [6, 6.07) is 11.2. The Labute approximate surface area is 97.7 Å². The van der Waals surface area contributed by atoms with Gasteiger partial charge in [-0.2, -0.15) is 0 Å². The van der Waals surface area contributed by atoms with Crippen molar-refractivity contribution in [2.45, 2.75) is 19.0 Å². The molecule has 1 aromatic rings. The molecule has 0 spiro atoms. The van der Waals surface area contributed by atoms with Gasteiger partial charge >= 0.3 is 0 Å². The van der Waals surface area contributed by atoms with Gasteiger partial charge in [0, 0.05) is 25.7 Å². The Morgan fingerprint density at radius 3 is 2.88 bits per heavy atom. The molecule has 0 aliphatic carbocycles. The summed E-state index contributed by atoms with van der Waals surface area (Å²) in [7, 11) is 0. The number of nitrogens with one attached hydrogen (secondary N) is 1. The van der Waals surface area contributed by atoms with Crippen LogP contribution >= 0.6 is 0 Å². The summed E-state index contributed by atoms with van der Waals surface area (Å²) < 4.78 is 0. The maximum Gasteiger partial charge on any atom is 0.0689 e. The Kier molecular flexibility index (Phi) is 3.61. The lowest BCUT2D eigenvalue weighted by molar-refractivity contribution is 0.142. The van der Waals surface area contributed by atoms with Crippen LogP contribution in [0.2, 0.25) is 0 Å². The van der Waals surface area contributed by atoms with Crippen LogP contribution in [0.4, 0.5) is 0 Å². The molecule has 1 aromatic carbocycles. The number of rotatable bonds is 2. The van der Waals surface area contributed by atoms with Gasteiger partial charge in [0.05, 0.1) is 6.04 Å². The summed E-state index contributed by atoms with van der Waals surface area (Å²) in [5.41, 5.74) is 1.34. The molecule has 84 valence electrons. The highest BCUT2D eigenvalue weighted by atomic mass is 15.2. The number of hydrogen-bond acceptors (Lipinski definition) is 2. The maximum absolute atomic E-state index is 5.53. The highest BCUT2D eigenvalue weighted by Gasteiger charge is 2.26. The summed E-state index contributed by atoms with van der Waals surface area (Å²) in [5, 5.41) is 3.43. The largest absolute Gasteiger partial charge is 0.314 e. The Morgan fingerprint density at radius 2 is 2.19 bits per heavy atom. The first-order valence-corrected chi connectivity index (χ1v) is 5.80. The van der Waals surface area contributed by atoms with Crippen LogP contribution in [0.15, 0.2) is 30.3 Å². The van der Waals surface area contributed by atoms with Crippen molar-refractivity contribution in [3.05, 3.63) is 35.9 Å². The molecule has 1 aliphatic heterocycles. The summed E-state index contributed by atoms with van der Waals surface area (Å²) in [6.07, 6.45) is 5.53. The molecule has 2 heteroatoms. The van der Waals surface area contributed by atoms with Gasteiger partial charge in [-0.15, -0.1) is 6.42 Å². The molecule has 16 heavy (non-hydrogen) atoms. The van der Waals surface area contributed by atoms with E-state index in [4.69, 9.17) is 6.42 Å². The number of hydrogen-bond donors (Lipinski definition) is 1. The molecule has 0 saturated carbocycles. The first-order chi connectivity index (χ1) is 7.83. The molecule has 0 radical (unpaired) electrons. The molecule has 2 unspecified atom stereocenters. The van der Waals surface area contributed by atoms with E-state index in [1.54, 1.807) is 0 Å². The molecule has 2 nitrogen and oxygen atoms in total. The van der Waals surface area contributed by atoms with E-state index < -0.39 is 0 Å². The second kappa shape index (κ2) is 5.16. The van der Waals surface area contributed by atoms with Crippen molar-refractivity contribution in [1.82, 2.24) is 10.2 Å². The molecule has 0 amide bonds. The van der Waals surface area contributed by atoms with Gasteiger partial charge in [-0.25, -0.2) is 0 Å². The van der Waals surface area contributed by atoms with E-state index in [-0.39, 0.29) is 6.04 Å². The lowest BCUT2D eigenvalue weighted by Gasteiger charge is -2.38. The van der Waals surface area contributed by atoms with Gasteiger partial charge in [-0.1, -0.05) is 36.3 Å². The fourth-order valence-electron chi connectivity index (χ4n) is 2.26. The van der Waals surface area contributed by atoms with Crippen molar-refractivity contribution in [2.24, 2.45) is 0 Å². The van der Waals surface area contributed by atoms with Crippen LogP contribution in [0, 0.1) is 12.3 Å². The fourth-order valence-corrected chi connectivity index (χ4v) is 2.26. The first-order valence-electron chi connectivity index (χ1n) is 5.80. The van der Waals surface area contributed by atoms with Crippen LogP contribution in [0.1, 0.15) is 18.5 Å². The van der Waals surface area contributed by atoms with Crippen LogP contribution < -0.4 is 5.32 Å². The average Bonchev–Trinajstić information content (AvgIpc) is 2.39. The van der Waals surface area contributed by atoms with Crippen molar-refractivity contribution >= 4 is 0 Å². The summed E-state index contributed by atoms with van der Waals surface area (Å²) in [5.74, 6) is 2.83. The molecule has 1 heterocycles. The average molecular weight is 214 g/mol. The Balaban J connectivity index is 2.21. The maximum atomic E-state index is 5.53. The van der Waals surface area contributed by atoms with Gasteiger partial charge in [0.2, 0.25) is 0 Å². The molecule has 1 fully saturated rings. The summed E-state index contributed by atoms with van der Waals surface area (Å²) in [6.45, 7) is 5.12. The number of terminal acetylenes is 1. The van der Waals surface area contributed by atoms with Gasteiger partial charge in [-0.3, -0.25) is 4.90 Å². The number of piperazine rings is 1. The van der Waals surface area contributed by atoms with Crippen molar-refractivity contribution in [2.75, 3.05) is 19.6 Å². The lowest BCUT2D eigenvalue weighted by atomic mass is 10.0. The van der Waals surface area contributed by atoms with Gasteiger partial charge in [-0.05, 0) is 12.5 Å². The van der Waals surface area contributed by atoms with Crippen molar-refractivity contribution in [1.29, 1.82) is 0 Å².